The van der Waals surface area contributed by atoms with Crippen LogP contribution < -0.4 is 5.73 Å². The topological polar surface area (TPSA) is 71.7 Å². The zero-order valence-corrected chi connectivity index (χ0v) is 23.7. The summed E-state index contributed by atoms with van der Waals surface area (Å²) in [6.07, 6.45) is -7.31. The van der Waals surface area contributed by atoms with E-state index in [1.807, 2.05) is 24.3 Å². The van der Waals surface area contributed by atoms with Gasteiger partial charge in [-0.25, -0.2) is 0 Å². The summed E-state index contributed by atoms with van der Waals surface area (Å²) >= 11 is 0. The second kappa shape index (κ2) is 13.4. The second-order valence-electron chi connectivity index (χ2n) is 10.8. The first-order chi connectivity index (χ1) is 20.3. The van der Waals surface area contributed by atoms with Gasteiger partial charge in [0.1, 0.15) is 6.61 Å². The molecule has 0 bridgehead atoms. The van der Waals surface area contributed by atoms with Gasteiger partial charge >= 0.3 is 18.3 Å². The minimum atomic E-state index is -5.50. The molecule has 0 spiro atoms. The number of nitrogens with zero attached hydrogens (tertiary/aromatic N) is 3. The number of hydrogen-bond donors (Lipinski definition) is 1. The van der Waals surface area contributed by atoms with Gasteiger partial charge in [-0.3, -0.25) is 19.6 Å². The van der Waals surface area contributed by atoms with Crippen molar-refractivity contribution < 1.29 is 35.9 Å². The van der Waals surface area contributed by atoms with Gasteiger partial charge in [0.2, 0.25) is 0 Å². The number of alkyl halides is 6. The molecule has 43 heavy (non-hydrogen) atoms. The highest BCUT2D eigenvalue weighted by molar-refractivity contribution is 5.70. The molecule has 1 saturated heterocycles. The van der Waals surface area contributed by atoms with Crippen LogP contribution in [0, 0.1) is 0 Å². The fraction of sp³-hybridized carbons (Fsp3) is 0.419. The molecule has 0 aliphatic carbocycles. The third-order valence-corrected chi connectivity index (χ3v) is 7.90. The lowest BCUT2D eigenvalue weighted by molar-refractivity contribution is -0.297. The van der Waals surface area contributed by atoms with Crippen molar-refractivity contribution in [2.24, 2.45) is 5.73 Å². The summed E-state index contributed by atoms with van der Waals surface area (Å²) < 4.78 is 85.9. The number of benzene rings is 2. The Morgan fingerprint density at radius 2 is 1.42 bits per heavy atom. The third kappa shape index (κ3) is 7.73. The standard InChI is InChI=1S/C31H34F6N4O2/c1-29(30(32,33)34,31(35,36)37)26-8-6-25(7-9-26)24-4-2-22(3-5-24)19-40-15-16-41(20-23-10-13-39-14-11-23)27(21-40)18-28(42)43-17-12-38/h2-11,13-14,27H,12,15-21,38H2,1H3. The van der Waals surface area contributed by atoms with E-state index < -0.39 is 23.3 Å². The Morgan fingerprint density at radius 1 is 0.860 bits per heavy atom. The average Bonchev–Trinajstić information content (AvgIpc) is 2.97. The van der Waals surface area contributed by atoms with E-state index >= 15 is 0 Å². The van der Waals surface area contributed by atoms with Crippen molar-refractivity contribution in [3.8, 4) is 11.1 Å². The number of ether oxygens (including phenoxy) is 1. The predicted octanol–water partition coefficient (Wildman–Crippen LogP) is 5.71. The summed E-state index contributed by atoms with van der Waals surface area (Å²) in [5, 5.41) is 0. The summed E-state index contributed by atoms with van der Waals surface area (Å²) in [5.41, 5.74) is 3.87. The number of hydrogen-bond acceptors (Lipinski definition) is 6. The Morgan fingerprint density at radius 3 is 1.98 bits per heavy atom. The molecule has 12 heteroatoms. The first kappa shape index (κ1) is 32.4. The van der Waals surface area contributed by atoms with Crippen LogP contribution in [0.4, 0.5) is 26.3 Å². The predicted molar refractivity (Wildman–Crippen MR) is 150 cm³/mol. The maximum atomic E-state index is 13.4. The molecule has 232 valence electrons. The average molecular weight is 609 g/mol. The Hall–Kier alpha value is -3.48. The van der Waals surface area contributed by atoms with Crippen LogP contribution in [0.2, 0.25) is 0 Å². The smallest absolute Gasteiger partial charge is 0.406 e. The van der Waals surface area contributed by atoms with E-state index in [2.05, 4.69) is 14.8 Å². The van der Waals surface area contributed by atoms with Crippen LogP contribution >= 0.6 is 0 Å². The highest BCUT2D eigenvalue weighted by Crippen LogP contribution is 2.51. The number of esters is 1. The van der Waals surface area contributed by atoms with Crippen molar-refractivity contribution in [1.82, 2.24) is 14.8 Å². The minimum Gasteiger partial charge on any atom is -0.464 e. The van der Waals surface area contributed by atoms with E-state index in [4.69, 9.17) is 10.5 Å². The molecule has 0 amide bonds. The highest BCUT2D eigenvalue weighted by atomic mass is 19.4. The fourth-order valence-corrected chi connectivity index (χ4v) is 5.19. The van der Waals surface area contributed by atoms with Crippen LogP contribution in [0.1, 0.15) is 30.0 Å². The van der Waals surface area contributed by atoms with Gasteiger partial charge in [0.15, 0.2) is 5.41 Å². The number of rotatable bonds is 10. The van der Waals surface area contributed by atoms with Gasteiger partial charge in [-0.2, -0.15) is 26.3 Å². The summed E-state index contributed by atoms with van der Waals surface area (Å²) in [7, 11) is 0. The van der Waals surface area contributed by atoms with Crippen LogP contribution in [-0.4, -0.2) is 71.9 Å². The Kier molecular flexibility index (Phi) is 10.1. The molecule has 2 heterocycles. The third-order valence-electron chi connectivity index (χ3n) is 7.90. The zero-order chi connectivity index (χ0) is 31.3. The fourth-order valence-electron chi connectivity index (χ4n) is 5.19. The van der Waals surface area contributed by atoms with Crippen molar-refractivity contribution >= 4 is 5.97 Å². The number of pyridine rings is 1. The molecular formula is C31H34F6N4O2. The number of carbonyl (C=O) groups is 1. The first-order valence-corrected chi connectivity index (χ1v) is 13.9. The van der Waals surface area contributed by atoms with E-state index in [9.17, 15) is 31.1 Å². The Labute approximate surface area is 246 Å². The Bertz CT molecular complexity index is 1320. The van der Waals surface area contributed by atoms with Gasteiger partial charge in [0.25, 0.3) is 0 Å². The van der Waals surface area contributed by atoms with Gasteiger partial charge in [0.05, 0.1) is 6.42 Å². The molecule has 1 aromatic heterocycles. The van der Waals surface area contributed by atoms with E-state index in [-0.39, 0.29) is 38.5 Å². The highest BCUT2D eigenvalue weighted by Gasteiger charge is 2.68. The summed E-state index contributed by atoms with van der Waals surface area (Å²) in [6, 6.07) is 15.5. The van der Waals surface area contributed by atoms with Gasteiger partial charge < -0.3 is 10.5 Å². The number of halogens is 6. The van der Waals surface area contributed by atoms with Crippen molar-refractivity contribution in [2.45, 2.75) is 50.2 Å². The van der Waals surface area contributed by atoms with Crippen molar-refractivity contribution in [3.05, 3.63) is 89.7 Å². The molecule has 6 nitrogen and oxygen atoms in total. The molecule has 1 atom stereocenters. The van der Waals surface area contributed by atoms with Gasteiger partial charge in [-0.15, -0.1) is 0 Å². The molecule has 4 rings (SSSR count). The van der Waals surface area contributed by atoms with Crippen LogP contribution in [0.5, 0.6) is 0 Å². The van der Waals surface area contributed by atoms with Crippen molar-refractivity contribution in [1.29, 1.82) is 0 Å². The molecule has 1 unspecified atom stereocenters. The summed E-state index contributed by atoms with van der Waals surface area (Å²) in [6.45, 7) is 3.97. The van der Waals surface area contributed by atoms with Gasteiger partial charge in [0, 0.05) is 57.7 Å². The van der Waals surface area contributed by atoms with E-state index in [0.717, 1.165) is 36.3 Å². The maximum Gasteiger partial charge on any atom is 0.406 e. The number of aromatic nitrogens is 1. The first-order valence-electron chi connectivity index (χ1n) is 13.9. The van der Waals surface area contributed by atoms with E-state index in [1.54, 1.807) is 24.5 Å². The SMILES string of the molecule is CC(c1ccc(-c2ccc(CN3CCN(Cc4ccncc4)C(CC(=O)OCCN)C3)cc2)cc1)(C(F)(F)F)C(F)(F)F. The molecule has 2 aromatic carbocycles. The normalized spacial score (nSPS) is 17.2. The van der Waals surface area contributed by atoms with Gasteiger partial charge in [-0.05, 0) is 46.9 Å². The molecular weight excluding hydrogens is 574 g/mol. The molecule has 1 aliphatic rings. The summed E-state index contributed by atoms with van der Waals surface area (Å²) in [5.74, 6) is -0.307. The lowest BCUT2D eigenvalue weighted by atomic mass is 9.80. The zero-order valence-electron chi connectivity index (χ0n) is 23.7. The van der Waals surface area contributed by atoms with Gasteiger partial charge in [-0.1, -0.05) is 48.5 Å². The lowest BCUT2D eigenvalue weighted by Crippen LogP contribution is -2.53. The molecule has 3 aromatic rings. The van der Waals surface area contributed by atoms with Crippen LogP contribution in [0.3, 0.4) is 0 Å². The molecule has 1 aliphatic heterocycles. The summed E-state index contributed by atoms with van der Waals surface area (Å²) in [4.78, 5) is 21.0. The number of nitrogens with two attached hydrogens (primary N) is 1. The molecule has 1 fully saturated rings. The largest absolute Gasteiger partial charge is 0.464 e. The molecule has 0 saturated carbocycles. The van der Waals surface area contributed by atoms with Crippen LogP contribution in [-0.2, 0) is 28.0 Å². The maximum absolute atomic E-state index is 13.4. The molecule has 0 radical (unpaired) electrons. The minimum absolute atomic E-state index is 0.0796. The number of carbonyl (C=O) groups excluding carboxylic acids is 1. The second-order valence-corrected chi connectivity index (χ2v) is 10.8. The number of piperazine rings is 1. The monoisotopic (exact) mass is 608 g/mol. The Balaban J connectivity index is 1.43. The van der Waals surface area contributed by atoms with E-state index in [0.29, 0.717) is 30.8 Å². The van der Waals surface area contributed by atoms with Crippen molar-refractivity contribution in [3.63, 3.8) is 0 Å². The molecule has 2 N–H and O–H groups in total. The lowest BCUT2D eigenvalue weighted by Gasteiger charge is -2.41. The van der Waals surface area contributed by atoms with Crippen LogP contribution in [0.25, 0.3) is 11.1 Å². The van der Waals surface area contributed by atoms with Crippen LogP contribution in [0.15, 0.2) is 73.1 Å². The quantitative estimate of drug-likeness (QED) is 0.235. The van der Waals surface area contributed by atoms with E-state index in [1.165, 1.54) is 12.1 Å². The van der Waals surface area contributed by atoms with Crippen molar-refractivity contribution in [2.75, 3.05) is 32.8 Å².